The first-order chi connectivity index (χ1) is 9.21. The van der Waals surface area contributed by atoms with Gasteiger partial charge in [-0.15, -0.1) is 0 Å². The molecule has 8 heteroatoms. The molecular formula is C12H12F3N3O2. The summed E-state index contributed by atoms with van der Waals surface area (Å²) in [6.07, 6.45) is -3.04. The van der Waals surface area contributed by atoms with Crippen LogP contribution in [0, 0.1) is 5.92 Å². The second-order valence-electron chi connectivity index (χ2n) is 4.81. The highest BCUT2D eigenvalue weighted by atomic mass is 19.4. The van der Waals surface area contributed by atoms with Crippen molar-refractivity contribution in [2.45, 2.75) is 26.6 Å². The number of aromatic nitrogens is 3. The van der Waals surface area contributed by atoms with Crippen LogP contribution in [0.2, 0.25) is 0 Å². The molecule has 0 saturated heterocycles. The van der Waals surface area contributed by atoms with Crippen LogP contribution >= 0.6 is 0 Å². The predicted octanol–water partition coefficient (Wildman–Crippen LogP) is 2.80. The molecule has 0 aliphatic carbocycles. The fourth-order valence-corrected chi connectivity index (χ4v) is 1.97. The molecule has 0 amide bonds. The van der Waals surface area contributed by atoms with Crippen LogP contribution < -0.4 is 0 Å². The van der Waals surface area contributed by atoms with E-state index in [2.05, 4.69) is 10.1 Å². The lowest BCUT2D eigenvalue weighted by molar-refractivity contribution is -0.136. The smallest absolute Gasteiger partial charge is 0.418 e. The summed E-state index contributed by atoms with van der Waals surface area (Å²) in [6.45, 7) is 4.19. The Hall–Kier alpha value is -2.12. The minimum absolute atomic E-state index is 0.0380. The first-order valence-corrected chi connectivity index (χ1v) is 5.86. The van der Waals surface area contributed by atoms with E-state index in [1.807, 2.05) is 13.8 Å². The normalized spacial score (nSPS) is 12.3. The predicted molar refractivity (Wildman–Crippen MR) is 64.3 cm³/mol. The third kappa shape index (κ3) is 2.45. The second kappa shape index (κ2) is 4.77. The molecule has 5 nitrogen and oxygen atoms in total. The number of fused-ring (bicyclic) bond motifs is 1. The molecule has 0 spiro atoms. The van der Waals surface area contributed by atoms with Gasteiger partial charge >= 0.3 is 12.1 Å². The molecule has 2 aromatic heterocycles. The minimum atomic E-state index is -4.78. The summed E-state index contributed by atoms with van der Waals surface area (Å²) in [5, 5.41) is 12.5. The molecule has 0 unspecified atom stereocenters. The molecule has 2 aromatic rings. The molecule has 0 aromatic carbocycles. The van der Waals surface area contributed by atoms with Crippen molar-refractivity contribution in [2.24, 2.45) is 5.92 Å². The first-order valence-electron chi connectivity index (χ1n) is 5.86. The van der Waals surface area contributed by atoms with E-state index >= 15 is 0 Å². The summed E-state index contributed by atoms with van der Waals surface area (Å²) in [7, 11) is 0. The standard InChI is InChI=1S/C12H12F3N3O2/c1-6(2)5-18-10-7(4-17-18)9(12(13,14)15)8(3-16-10)11(19)20/h3-4,6H,5H2,1-2H3,(H,19,20). The van der Waals surface area contributed by atoms with Crippen LogP contribution in [0.25, 0.3) is 11.0 Å². The maximum atomic E-state index is 13.1. The summed E-state index contributed by atoms with van der Waals surface area (Å²) >= 11 is 0. The molecule has 2 rings (SSSR count). The maximum absolute atomic E-state index is 13.1. The first kappa shape index (κ1) is 14.3. The van der Waals surface area contributed by atoms with Gasteiger partial charge in [0, 0.05) is 12.7 Å². The fourth-order valence-electron chi connectivity index (χ4n) is 1.97. The van der Waals surface area contributed by atoms with E-state index in [1.54, 1.807) is 0 Å². The number of alkyl halides is 3. The van der Waals surface area contributed by atoms with Gasteiger partial charge in [0.15, 0.2) is 5.65 Å². The SMILES string of the molecule is CC(C)Cn1ncc2c(C(F)(F)F)c(C(=O)O)cnc21. The Morgan fingerprint density at radius 3 is 2.55 bits per heavy atom. The van der Waals surface area contributed by atoms with Crippen molar-refractivity contribution in [1.29, 1.82) is 0 Å². The van der Waals surface area contributed by atoms with E-state index in [4.69, 9.17) is 5.11 Å². The molecular weight excluding hydrogens is 275 g/mol. The summed E-state index contributed by atoms with van der Waals surface area (Å²) in [6, 6.07) is 0. The third-order valence-electron chi connectivity index (χ3n) is 2.72. The van der Waals surface area contributed by atoms with Gasteiger partial charge in [-0.05, 0) is 5.92 Å². The van der Waals surface area contributed by atoms with Gasteiger partial charge in [0.1, 0.15) is 0 Å². The van der Waals surface area contributed by atoms with Crippen molar-refractivity contribution < 1.29 is 23.1 Å². The topological polar surface area (TPSA) is 68.0 Å². The van der Waals surface area contributed by atoms with E-state index < -0.39 is 23.3 Å². The molecule has 20 heavy (non-hydrogen) atoms. The molecule has 2 heterocycles. The van der Waals surface area contributed by atoms with Crippen molar-refractivity contribution in [3.8, 4) is 0 Å². The number of hydrogen-bond donors (Lipinski definition) is 1. The molecule has 0 saturated carbocycles. The quantitative estimate of drug-likeness (QED) is 0.942. The number of carboxylic acid groups (broad SMARTS) is 1. The monoisotopic (exact) mass is 287 g/mol. The average molecular weight is 287 g/mol. The van der Waals surface area contributed by atoms with Crippen LogP contribution in [0.4, 0.5) is 13.2 Å². The summed E-state index contributed by atoms with van der Waals surface area (Å²) in [4.78, 5) is 14.7. The van der Waals surface area contributed by atoms with Gasteiger partial charge < -0.3 is 5.11 Å². The zero-order valence-corrected chi connectivity index (χ0v) is 10.8. The lowest BCUT2D eigenvalue weighted by Gasteiger charge is -2.11. The summed E-state index contributed by atoms with van der Waals surface area (Å²) in [5.74, 6) is -1.49. The van der Waals surface area contributed by atoms with Crippen LogP contribution in [0.5, 0.6) is 0 Å². The van der Waals surface area contributed by atoms with E-state index in [0.717, 1.165) is 12.4 Å². The molecule has 0 aliphatic heterocycles. The van der Waals surface area contributed by atoms with E-state index in [9.17, 15) is 18.0 Å². The number of halogens is 3. The Morgan fingerprint density at radius 1 is 1.40 bits per heavy atom. The Labute approximate surface area is 112 Å². The second-order valence-corrected chi connectivity index (χ2v) is 4.81. The lowest BCUT2D eigenvalue weighted by atomic mass is 10.1. The highest BCUT2D eigenvalue weighted by molar-refractivity contribution is 5.95. The number of hydrogen-bond acceptors (Lipinski definition) is 3. The largest absolute Gasteiger partial charge is 0.478 e. The summed E-state index contributed by atoms with van der Waals surface area (Å²) in [5.41, 5.74) is -2.03. The van der Waals surface area contributed by atoms with Gasteiger partial charge in [-0.2, -0.15) is 18.3 Å². The highest BCUT2D eigenvalue weighted by Gasteiger charge is 2.38. The number of aromatic carboxylic acids is 1. The third-order valence-corrected chi connectivity index (χ3v) is 2.72. The average Bonchev–Trinajstić information content (AvgIpc) is 2.69. The minimum Gasteiger partial charge on any atom is -0.478 e. The molecule has 0 radical (unpaired) electrons. The van der Waals surface area contributed by atoms with Crippen molar-refractivity contribution in [2.75, 3.05) is 0 Å². The molecule has 0 aliphatic rings. The number of nitrogens with zero attached hydrogens (tertiary/aromatic N) is 3. The summed E-state index contributed by atoms with van der Waals surface area (Å²) < 4.78 is 40.6. The number of carboxylic acids is 1. The molecule has 0 bridgehead atoms. The molecule has 1 N–H and O–H groups in total. The van der Waals surface area contributed by atoms with Gasteiger partial charge in [0.05, 0.1) is 22.7 Å². The number of rotatable bonds is 3. The van der Waals surface area contributed by atoms with Crippen LogP contribution in [0.3, 0.4) is 0 Å². The molecule has 0 atom stereocenters. The Balaban J connectivity index is 2.73. The van der Waals surface area contributed by atoms with Crippen molar-refractivity contribution >= 4 is 17.0 Å². The van der Waals surface area contributed by atoms with E-state index in [1.165, 1.54) is 4.68 Å². The van der Waals surface area contributed by atoms with Crippen LogP contribution in [-0.4, -0.2) is 25.8 Å². The molecule has 0 fully saturated rings. The Bertz CT molecular complexity index is 662. The van der Waals surface area contributed by atoms with Crippen LogP contribution in [0.15, 0.2) is 12.4 Å². The van der Waals surface area contributed by atoms with Crippen molar-refractivity contribution in [1.82, 2.24) is 14.8 Å². The van der Waals surface area contributed by atoms with Crippen molar-refractivity contribution in [3.63, 3.8) is 0 Å². The highest BCUT2D eigenvalue weighted by Crippen LogP contribution is 2.36. The zero-order chi connectivity index (χ0) is 15.1. The number of pyridine rings is 1. The van der Waals surface area contributed by atoms with Crippen LogP contribution in [-0.2, 0) is 12.7 Å². The van der Waals surface area contributed by atoms with Crippen molar-refractivity contribution in [3.05, 3.63) is 23.5 Å². The van der Waals surface area contributed by atoms with Gasteiger partial charge in [0.25, 0.3) is 0 Å². The van der Waals surface area contributed by atoms with E-state index in [0.29, 0.717) is 6.54 Å². The van der Waals surface area contributed by atoms with E-state index in [-0.39, 0.29) is 17.0 Å². The molecule has 108 valence electrons. The van der Waals surface area contributed by atoms with Gasteiger partial charge in [-0.1, -0.05) is 13.8 Å². The van der Waals surface area contributed by atoms with Crippen LogP contribution in [0.1, 0.15) is 29.8 Å². The maximum Gasteiger partial charge on any atom is 0.418 e. The van der Waals surface area contributed by atoms with Gasteiger partial charge in [0.2, 0.25) is 0 Å². The number of carbonyl (C=O) groups is 1. The zero-order valence-electron chi connectivity index (χ0n) is 10.8. The lowest BCUT2D eigenvalue weighted by Crippen LogP contribution is -2.15. The van der Waals surface area contributed by atoms with Gasteiger partial charge in [-0.3, -0.25) is 0 Å². The Kier molecular flexibility index (Phi) is 3.41. The fraction of sp³-hybridized carbons (Fsp3) is 0.417. The van der Waals surface area contributed by atoms with Gasteiger partial charge in [-0.25, -0.2) is 14.5 Å². The Morgan fingerprint density at radius 2 is 2.05 bits per heavy atom.